The molecule has 0 atom stereocenters. The summed E-state index contributed by atoms with van der Waals surface area (Å²) in [6.07, 6.45) is 1.51. The molecule has 0 amide bonds. The van der Waals surface area contributed by atoms with E-state index in [0.29, 0.717) is 15.9 Å². The summed E-state index contributed by atoms with van der Waals surface area (Å²) in [6, 6.07) is 11.4. The summed E-state index contributed by atoms with van der Waals surface area (Å²) in [5, 5.41) is 13.4. The number of nitrogens with one attached hydrogen (secondary N) is 1. The SMILES string of the molecule is CCN(C)Cc1ccc(Nc2nc(=O)n(O)c3ncccc23)cc1. The average molecular weight is 325 g/mol. The molecule has 1 aromatic carbocycles. The van der Waals surface area contributed by atoms with Crippen LogP contribution in [0.5, 0.6) is 0 Å². The van der Waals surface area contributed by atoms with E-state index in [1.165, 1.54) is 11.8 Å². The van der Waals surface area contributed by atoms with Gasteiger partial charge in [-0.3, -0.25) is 0 Å². The van der Waals surface area contributed by atoms with E-state index in [1.54, 1.807) is 12.1 Å². The molecule has 3 rings (SSSR count). The lowest BCUT2D eigenvalue weighted by Gasteiger charge is -2.14. The first-order valence-corrected chi connectivity index (χ1v) is 7.70. The highest BCUT2D eigenvalue weighted by Gasteiger charge is 2.10. The lowest BCUT2D eigenvalue weighted by molar-refractivity contribution is 0.182. The number of hydrogen-bond acceptors (Lipinski definition) is 6. The number of anilines is 2. The molecular formula is C17H19N5O2. The van der Waals surface area contributed by atoms with Crippen LogP contribution in [-0.2, 0) is 6.54 Å². The topological polar surface area (TPSA) is 83.3 Å². The molecular weight excluding hydrogens is 306 g/mol. The van der Waals surface area contributed by atoms with Crippen LogP contribution in [0.4, 0.5) is 11.5 Å². The average Bonchev–Trinajstić information content (AvgIpc) is 2.61. The van der Waals surface area contributed by atoms with Gasteiger partial charge in [0.2, 0.25) is 0 Å². The highest BCUT2D eigenvalue weighted by atomic mass is 16.5. The second kappa shape index (κ2) is 6.67. The van der Waals surface area contributed by atoms with Gasteiger partial charge >= 0.3 is 5.69 Å². The predicted molar refractivity (Wildman–Crippen MR) is 92.7 cm³/mol. The number of pyridine rings is 1. The number of nitrogens with zero attached hydrogens (tertiary/aromatic N) is 4. The Morgan fingerprint density at radius 3 is 2.71 bits per heavy atom. The highest BCUT2D eigenvalue weighted by molar-refractivity contribution is 5.88. The first-order chi connectivity index (χ1) is 11.6. The number of hydrogen-bond donors (Lipinski definition) is 2. The van der Waals surface area contributed by atoms with Crippen molar-refractivity contribution < 1.29 is 5.21 Å². The van der Waals surface area contributed by atoms with Crippen LogP contribution in [0.15, 0.2) is 47.4 Å². The molecule has 124 valence electrons. The third-order valence-electron chi connectivity index (χ3n) is 3.84. The standard InChI is InChI=1S/C17H19N5O2/c1-3-21(2)11-12-6-8-13(9-7-12)19-15-14-5-4-10-18-16(14)22(24)17(23)20-15/h4-10,24H,3,11H2,1-2H3,(H,19,20,23). The van der Waals surface area contributed by atoms with E-state index in [2.05, 4.69) is 34.2 Å². The second-order valence-corrected chi connectivity index (χ2v) is 5.58. The first-order valence-electron chi connectivity index (χ1n) is 7.70. The fraction of sp³-hybridized carbons (Fsp3) is 0.235. The lowest BCUT2D eigenvalue weighted by Crippen LogP contribution is -2.23. The molecule has 0 radical (unpaired) electrons. The fourth-order valence-corrected chi connectivity index (χ4v) is 2.39. The summed E-state index contributed by atoms with van der Waals surface area (Å²) in [5.41, 5.74) is 1.41. The quantitative estimate of drug-likeness (QED) is 0.700. The van der Waals surface area contributed by atoms with Gasteiger partial charge in [0, 0.05) is 18.4 Å². The van der Waals surface area contributed by atoms with Crippen LogP contribution < -0.4 is 11.0 Å². The van der Waals surface area contributed by atoms with E-state index in [0.717, 1.165) is 18.8 Å². The van der Waals surface area contributed by atoms with Gasteiger partial charge in [0.25, 0.3) is 0 Å². The second-order valence-electron chi connectivity index (χ2n) is 5.58. The number of aromatic nitrogens is 3. The third kappa shape index (κ3) is 3.21. The van der Waals surface area contributed by atoms with Crippen molar-refractivity contribution in [2.24, 2.45) is 0 Å². The molecule has 0 saturated heterocycles. The van der Waals surface area contributed by atoms with Gasteiger partial charge in [-0.15, -0.1) is 4.73 Å². The Kier molecular flexibility index (Phi) is 4.43. The largest absolute Gasteiger partial charge is 0.422 e. The Hall–Kier alpha value is -2.93. The minimum absolute atomic E-state index is 0.168. The van der Waals surface area contributed by atoms with Crippen LogP contribution in [0.3, 0.4) is 0 Å². The van der Waals surface area contributed by atoms with Gasteiger partial charge in [0.1, 0.15) is 5.82 Å². The summed E-state index contributed by atoms with van der Waals surface area (Å²) >= 11 is 0. The van der Waals surface area contributed by atoms with Gasteiger partial charge in [-0.1, -0.05) is 19.1 Å². The number of fused-ring (bicyclic) bond motifs is 1. The third-order valence-corrected chi connectivity index (χ3v) is 3.84. The molecule has 0 aliphatic rings. The Labute approximate surface area is 139 Å². The molecule has 0 aliphatic carbocycles. The molecule has 0 bridgehead atoms. The summed E-state index contributed by atoms with van der Waals surface area (Å²) < 4.78 is 0.449. The Balaban J connectivity index is 1.90. The Bertz CT molecular complexity index is 905. The van der Waals surface area contributed by atoms with Gasteiger partial charge in [0.15, 0.2) is 5.65 Å². The fourth-order valence-electron chi connectivity index (χ4n) is 2.39. The summed E-state index contributed by atoms with van der Waals surface area (Å²) in [5.74, 6) is 0.367. The van der Waals surface area contributed by atoms with Crippen molar-refractivity contribution in [3.05, 3.63) is 58.6 Å². The van der Waals surface area contributed by atoms with Crippen LogP contribution in [0.1, 0.15) is 12.5 Å². The van der Waals surface area contributed by atoms with E-state index < -0.39 is 5.69 Å². The predicted octanol–water partition coefficient (Wildman–Crippen LogP) is 2.22. The maximum absolute atomic E-state index is 11.8. The number of rotatable bonds is 5. The van der Waals surface area contributed by atoms with Crippen molar-refractivity contribution in [3.8, 4) is 0 Å². The zero-order valence-corrected chi connectivity index (χ0v) is 13.6. The maximum Gasteiger partial charge on any atom is 0.384 e. The van der Waals surface area contributed by atoms with Crippen LogP contribution in [0.25, 0.3) is 11.0 Å². The molecule has 2 heterocycles. The minimum Gasteiger partial charge on any atom is -0.422 e. The van der Waals surface area contributed by atoms with E-state index >= 15 is 0 Å². The summed E-state index contributed by atoms with van der Waals surface area (Å²) in [7, 11) is 2.07. The van der Waals surface area contributed by atoms with E-state index in [4.69, 9.17) is 0 Å². The molecule has 2 aromatic heterocycles. The Morgan fingerprint density at radius 1 is 1.25 bits per heavy atom. The van der Waals surface area contributed by atoms with Crippen molar-refractivity contribution in [1.82, 2.24) is 19.6 Å². The molecule has 7 nitrogen and oxygen atoms in total. The summed E-state index contributed by atoms with van der Waals surface area (Å²) in [6.45, 7) is 3.98. The van der Waals surface area contributed by atoms with Crippen molar-refractivity contribution in [2.45, 2.75) is 13.5 Å². The van der Waals surface area contributed by atoms with Crippen LogP contribution in [-0.4, -0.2) is 38.4 Å². The lowest BCUT2D eigenvalue weighted by atomic mass is 10.2. The molecule has 0 fully saturated rings. The van der Waals surface area contributed by atoms with E-state index in [9.17, 15) is 10.0 Å². The van der Waals surface area contributed by atoms with Crippen molar-refractivity contribution in [3.63, 3.8) is 0 Å². The Morgan fingerprint density at radius 2 is 2.00 bits per heavy atom. The summed E-state index contributed by atoms with van der Waals surface area (Å²) in [4.78, 5) is 21.9. The van der Waals surface area contributed by atoms with E-state index in [-0.39, 0.29) is 5.65 Å². The molecule has 0 unspecified atom stereocenters. The van der Waals surface area contributed by atoms with Crippen LogP contribution >= 0.6 is 0 Å². The zero-order valence-electron chi connectivity index (χ0n) is 13.6. The van der Waals surface area contributed by atoms with Gasteiger partial charge in [0.05, 0.1) is 5.39 Å². The molecule has 2 N–H and O–H groups in total. The minimum atomic E-state index is -0.773. The van der Waals surface area contributed by atoms with Gasteiger partial charge in [-0.05, 0) is 43.4 Å². The van der Waals surface area contributed by atoms with Crippen molar-refractivity contribution in [2.75, 3.05) is 18.9 Å². The molecule has 0 spiro atoms. The molecule has 3 aromatic rings. The molecule has 0 saturated carbocycles. The molecule has 0 aliphatic heterocycles. The maximum atomic E-state index is 11.8. The van der Waals surface area contributed by atoms with Crippen LogP contribution in [0, 0.1) is 0 Å². The zero-order chi connectivity index (χ0) is 17.1. The normalized spacial score (nSPS) is 11.1. The van der Waals surface area contributed by atoms with Gasteiger partial charge in [-0.25, -0.2) is 9.78 Å². The molecule has 7 heteroatoms. The highest BCUT2D eigenvalue weighted by Crippen LogP contribution is 2.21. The smallest absolute Gasteiger partial charge is 0.384 e. The first kappa shape index (κ1) is 15.9. The van der Waals surface area contributed by atoms with Crippen molar-refractivity contribution >= 4 is 22.5 Å². The van der Waals surface area contributed by atoms with Gasteiger partial charge in [-0.2, -0.15) is 4.98 Å². The van der Waals surface area contributed by atoms with E-state index in [1.807, 2.05) is 24.3 Å². The number of benzene rings is 1. The monoisotopic (exact) mass is 325 g/mol. The van der Waals surface area contributed by atoms with Crippen LogP contribution in [0.2, 0.25) is 0 Å². The van der Waals surface area contributed by atoms with Crippen molar-refractivity contribution in [1.29, 1.82) is 0 Å². The molecule has 24 heavy (non-hydrogen) atoms. The van der Waals surface area contributed by atoms with Gasteiger partial charge < -0.3 is 15.4 Å².